The third-order valence-corrected chi connectivity index (χ3v) is 5.94. The van der Waals surface area contributed by atoms with Gasteiger partial charge in [-0.2, -0.15) is 9.97 Å². The van der Waals surface area contributed by atoms with Gasteiger partial charge in [0.1, 0.15) is 0 Å². The zero-order valence-corrected chi connectivity index (χ0v) is 19.8. The molecule has 1 fully saturated rings. The number of nitrogens with one attached hydrogen (secondary N) is 2. The van der Waals surface area contributed by atoms with Gasteiger partial charge in [-0.3, -0.25) is 0 Å². The summed E-state index contributed by atoms with van der Waals surface area (Å²) in [5, 5.41) is 16.6. The van der Waals surface area contributed by atoms with Crippen LogP contribution in [0.5, 0.6) is 17.2 Å². The van der Waals surface area contributed by atoms with Crippen LogP contribution in [-0.2, 0) is 0 Å². The Labute approximate surface area is 193 Å². The maximum Gasteiger partial charge on any atom is 0.227 e. The zero-order valence-electron chi connectivity index (χ0n) is 19.8. The predicted molar refractivity (Wildman–Crippen MR) is 127 cm³/mol. The van der Waals surface area contributed by atoms with E-state index in [4.69, 9.17) is 24.2 Å². The van der Waals surface area contributed by atoms with Gasteiger partial charge < -0.3 is 34.5 Å². The van der Waals surface area contributed by atoms with Crippen molar-refractivity contribution in [1.82, 2.24) is 19.5 Å². The Kier molecular flexibility index (Phi) is 6.73. The third-order valence-electron chi connectivity index (χ3n) is 5.94. The zero-order chi connectivity index (χ0) is 23.5. The van der Waals surface area contributed by atoms with Crippen LogP contribution in [0.2, 0.25) is 0 Å². The molecule has 0 spiro atoms. The van der Waals surface area contributed by atoms with E-state index in [1.54, 1.807) is 27.7 Å². The summed E-state index contributed by atoms with van der Waals surface area (Å²) in [4.78, 5) is 14.1. The highest BCUT2D eigenvalue weighted by molar-refractivity contribution is 5.87. The Morgan fingerprint density at radius 2 is 1.67 bits per heavy atom. The normalized spacial score (nSPS) is 18.4. The standard InChI is InChI=1S/C23H32N6O4/c1-13(2)29-12-24-19-21(25-15-10-17(31-3)20(33-5)18(11-15)32-4)27-23(28-22(19)29)26-14-6-8-16(30)9-7-14/h10-14,16,30H,6-9H2,1-5H3,(H2,25,26,27,28). The van der Waals surface area contributed by atoms with E-state index in [9.17, 15) is 5.11 Å². The number of ether oxygens (including phenoxy) is 3. The fourth-order valence-electron chi connectivity index (χ4n) is 4.14. The largest absolute Gasteiger partial charge is 0.493 e. The number of aromatic nitrogens is 4. The first-order valence-electron chi connectivity index (χ1n) is 11.2. The average Bonchev–Trinajstić information content (AvgIpc) is 3.24. The molecule has 4 rings (SSSR count). The molecule has 0 unspecified atom stereocenters. The Hall–Kier alpha value is -3.27. The second kappa shape index (κ2) is 9.70. The van der Waals surface area contributed by atoms with Gasteiger partial charge in [-0.1, -0.05) is 0 Å². The number of aliphatic hydroxyl groups is 1. The molecule has 3 aromatic rings. The van der Waals surface area contributed by atoms with E-state index in [2.05, 4.69) is 29.5 Å². The van der Waals surface area contributed by atoms with E-state index in [1.807, 2.05) is 16.7 Å². The van der Waals surface area contributed by atoms with Gasteiger partial charge in [0.05, 0.1) is 33.8 Å². The number of imidazole rings is 1. The van der Waals surface area contributed by atoms with Crippen LogP contribution in [0.15, 0.2) is 18.5 Å². The molecule has 0 radical (unpaired) electrons. The molecule has 1 aliphatic carbocycles. The van der Waals surface area contributed by atoms with E-state index in [-0.39, 0.29) is 18.2 Å². The summed E-state index contributed by atoms with van der Waals surface area (Å²) in [7, 11) is 4.73. The fourth-order valence-corrected chi connectivity index (χ4v) is 4.14. The molecule has 2 heterocycles. The minimum Gasteiger partial charge on any atom is -0.493 e. The van der Waals surface area contributed by atoms with Crippen molar-refractivity contribution < 1.29 is 19.3 Å². The Morgan fingerprint density at radius 1 is 1.00 bits per heavy atom. The van der Waals surface area contributed by atoms with Gasteiger partial charge in [0.15, 0.2) is 28.5 Å². The summed E-state index contributed by atoms with van der Waals surface area (Å²) < 4.78 is 18.4. The molecule has 0 saturated heterocycles. The number of hydrogen-bond acceptors (Lipinski definition) is 9. The number of benzene rings is 1. The molecule has 3 N–H and O–H groups in total. The molecular weight excluding hydrogens is 424 g/mol. The van der Waals surface area contributed by atoms with Crippen LogP contribution in [0, 0.1) is 0 Å². The second-order valence-corrected chi connectivity index (χ2v) is 8.50. The average molecular weight is 457 g/mol. The number of nitrogens with zero attached hydrogens (tertiary/aromatic N) is 4. The third kappa shape index (κ3) is 4.75. The molecule has 10 nitrogen and oxygen atoms in total. The first kappa shape index (κ1) is 22.9. The van der Waals surface area contributed by atoms with Crippen molar-refractivity contribution in [3.8, 4) is 17.2 Å². The molecule has 33 heavy (non-hydrogen) atoms. The first-order valence-corrected chi connectivity index (χ1v) is 11.2. The van der Waals surface area contributed by atoms with E-state index in [1.165, 1.54) is 0 Å². The van der Waals surface area contributed by atoms with Crippen molar-refractivity contribution in [2.75, 3.05) is 32.0 Å². The summed E-state index contributed by atoms with van der Waals surface area (Å²) in [5.74, 6) is 2.70. The minimum atomic E-state index is -0.217. The van der Waals surface area contributed by atoms with Gasteiger partial charge in [-0.05, 0) is 39.5 Å². The van der Waals surface area contributed by atoms with Crippen LogP contribution in [0.4, 0.5) is 17.5 Å². The van der Waals surface area contributed by atoms with Crippen LogP contribution >= 0.6 is 0 Å². The van der Waals surface area contributed by atoms with Gasteiger partial charge in [0, 0.05) is 29.9 Å². The topological polar surface area (TPSA) is 116 Å². The molecule has 10 heteroatoms. The van der Waals surface area contributed by atoms with Crippen molar-refractivity contribution in [1.29, 1.82) is 0 Å². The summed E-state index contributed by atoms with van der Waals surface area (Å²) in [6.45, 7) is 4.18. The Balaban J connectivity index is 1.73. The van der Waals surface area contributed by atoms with Gasteiger partial charge >= 0.3 is 0 Å². The maximum absolute atomic E-state index is 9.83. The lowest BCUT2D eigenvalue weighted by Crippen LogP contribution is -2.29. The van der Waals surface area contributed by atoms with E-state index in [0.29, 0.717) is 34.5 Å². The SMILES string of the molecule is COc1cc(Nc2nc(NC3CCC(O)CC3)nc3c2ncn3C(C)C)cc(OC)c1OC. The number of anilines is 3. The van der Waals surface area contributed by atoms with Gasteiger partial charge in [-0.15, -0.1) is 0 Å². The van der Waals surface area contributed by atoms with E-state index in [0.717, 1.165) is 37.0 Å². The fraction of sp³-hybridized carbons (Fsp3) is 0.522. The Morgan fingerprint density at radius 3 is 2.24 bits per heavy atom. The highest BCUT2D eigenvalue weighted by atomic mass is 16.5. The van der Waals surface area contributed by atoms with Crippen molar-refractivity contribution in [2.24, 2.45) is 0 Å². The maximum atomic E-state index is 9.83. The van der Waals surface area contributed by atoms with Crippen molar-refractivity contribution in [2.45, 2.75) is 57.7 Å². The molecule has 1 saturated carbocycles. The first-order chi connectivity index (χ1) is 15.9. The van der Waals surface area contributed by atoms with Crippen molar-refractivity contribution >= 4 is 28.6 Å². The highest BCUT2D eigenvalue weighted by Gasteiger charge is 2.22. The molecule has 0 bridgehead atoms. The Bertz CT molecular complexity index is 1080. The molecule has 0 atom stereocenters. The molecule has 0 aliphatic heterocycles. The molecule has 2 aromatic heterocycles. The summed E-state index contributed by atoms with van der Waals surface area (Å²) >= 11 is 0. The highest BCUT2D eigenvalue weighted by Crippen LogP contribution is 2.41. The van der Waals surface area contributed by atoms with Crippen LogP contribution in [0.1, 0.15) is 45.6 Å². The van der Waals surface area contributed by atoms with Crippen LogP contribution in [-0.4, -0.2) is 58.1 Å². The van der Waals surface area contributed by atoms with Gasteiger partial charge in [-0.25, -0.2) is 4.98 Å². The van der Waals surface area contributed by atoms with E-state index >= 15 is 0 Å². The minimum absolute atomic E-state index is 0.191. The number of hydrogen-bond donors (Lipinski definition) is 3. The molecule has 178 valence electrons. The number of fused-ring (bicyclic) bond motifs is 1. The number of rotatable bonds is 8. The smallest absolute Gasteiger partial charge is 0.227 e. The summed E-state index contributed by atoms with van der Waals surface area (Å²) in [6, 6.07) is 4.06. The van der Waals surface area contributed by atoms with Gasteiger partial charge in [0.25, 0.3) is 0 Å². The lowest BCUT2D eigenvalue weighted by Gasteiger charge is -2.26. The molecule has 1 aromatic carbocycles. The second-order valence-electron chi connectivity index (χ2n) is 8.50. The molecular formula is C23H32N6O4. The van der Waals surface area contributed by atoms with Crippen molar-refractivity contribution in [3.05, 3.63) is 18.5 Å². The lowest BCUT2D eigenvalue weighted by atomic mass is 9.93. The van der Waals surface area contributed by atoms with Crippen molar-refractivity contribution in [3.63, 3.8) is 0 Å². The van der Waals surface area contributed by atoms with E-state index < -0.39 is 0 Å². The molecule has 0 amide bonds. The summed E-state index contributed by atoms with van der Waals surface area (Å²) in [6.07, 6.45) is 4.88. The quantitative estimate of drug-likeness (QED) is 0.464. The monoisotopic (exact) mass is 456 g/mol. The number of methoxy groups -OCH3 is 3. The summed E-state index contributed by atoms with van der Waals surface area (Å²) in [5.41, 5.74) is 2.13. The predicted octanol–water partition coefficient (Wildman–Crippen LogP) is 3.89. The van der Waals surface area contributed by atoms with Crippen LogP contribution in [0.3, 0.4) is 0 Å². The lowest BCUT2D eigenvalue weighted by molar-refractivity contribution is 0.126. The number of aliphatic hydroxyl groups excluding tert-OH is 1. The molecule has 1 aliphatic rings. The van der Waals surface area contributed by atoms with Crippen LogP contribution in [0.25, 0.3) is 11.2 Å². The van der Waals surface area contributed by atoms with Gasteiger partial charge in [0.2, 0.25) is 11.7 Å². The van der Waals surface area contributed by atoms with Crippen LogP contribution < -0.4 is 24.8 Å².